The van der Waals surface area contributed by atoms with E-state index < -0.39 is 65.5 Å². The Bertz CT molecular complexity index is 2430. The summed E-state index contributed by atoms with van der Waals surface area (Å²) in [5, 5.41) is 9.50. The van der Waals surface area contributed by atoms with Crippen molar-refractivity contribution >= 4 is 52.3 Å². The Morgan fingerprint density at radius 1 is 0.869 bits per heavy atom. The van der Waals surface area contributed by atoms with Crippen molar-refractivity contribution < 1.29 is 61.9 Å². The number of ketones is 1. The van der Waals surface area contributed by atoms with Crippen LogP contribution in [0.15, 0.2) is 59.5 Å². The highest BCUT2D eigenvalue weighted by Gasteiger charge is 2.36. The minimum atomic E-state index is -1.41. The number of piperazine rings is 1. The van der Waals surface area contributed by atoms with E-state index in [2.05, 4.69) is 0 Å². The third-order valence-corrected chi connectivity index (χ3v) is 11.0. The maximum Gasteiger partial charge on any atom is 0.413 e. The highest BCUT2D eigenvalue weighted by molar-refractivity contribution is 6.08. The van der Waals surface area contributed by atoms with Crippen molar-refractivity contribution in [3.05, 3.63) is 93.3 Å². The van der Waals surface area contributed by atoms with Gasteiger partial charge in [0, 0.05) is 62.1 Å². The molecule has 1 saturated heterocycles. The summed E-state index contributed by atoms with van der Waals surface area (Å²) >= 11 is 0. The smallest absolute Gasteiger partial charge is 0.413 e. The van der Waals surface area contributed by atoms with Gasteiger partial charge in [-0.25, -0.2) is 14.0 Å². The zero-order valence-electron chi connectivity index (χ0n) is 33.6. The average molecular weight is 845 g/mol. The topological polar surface area (TPSA) is 202 Å². The molecule has 61 heavy (non-hydrogen) atoms. The van der Waals surface area contributed by atoms with Crippen LogP contribution in [-0.4, -0.2) is 108 Å². The minimum Gasteiger partial charge on any atom is -0.492 e. The number of carboxylic acid groups (broad SMARTS) is 1. The zero-order valence-corrected chi connectivity index (χ0v) is 33.6. The van der Waals surface area contributed by atoms with Crippen LogP contribution in [0.5, 0.6) is 5.75 Å². The summed E-state index contributed by atoms with van der Waals surface area (Å²) in [5.74, 6) is -4.63. The van der Waals surface area contributed by atoms with E-state index in [9.17, 15) is 38.7 Å². The molecule has 0 bridgehead atoms. The molecule has 1 aliphatic carbocycles. The van der Waals surface area contributed by atoms with E-state index in [4.69, 9.17) is 23.7 Å². The molecular weight excluding hydrogens is 799 g/mol. The Hall–Kier alpha value is -6.72. The fourth-order valence-corrected chi connectivity index (χ4v) is 7.87. The summed E-state index contributed by atoms with van der Waals surface area (Å²) in [6.45, 7) is 1.89. The number of carbonyl (C=O) groups excluding carboxylic acids is 5. The molecule has 2 fully saturated rings. The van der Waals surface area contributed by atoms with Crippen LogP contribution >= 0.6 is 0 Å². The van der Waals surface area contributed by atoms with Gasteiger partial charge in [-0.05, 0) is 44.4 Å². The van der Waals surface area contributed by atoms with E-state index >= 15 is 4.39 Å². The van der Waals surface area contributed by atoms with Crippen molar-refractivity contribution in [3.63, 3.8) is 0 Å². The Morgan fingerprint density at radius 3 is 2.28 bits per heavy atom. The molecule has 17 nitrogen and oxygen atoms in total. The molecule has 4 heterocycles. The Balaban J connectivity index is 0.805. The lowest BCUT2D eigenvalue weighted by Crippen LogP contribution is -2.54. The molecule has 1 N–H and O–H groups in total. The highest BCUT2D eigenvalue weighted by Crippen LogP contribution is 2.44. The van der Waals surface area contributed by atoms with Crippen LogP contribution in [0.4, 0.5) is 14.9 Å². The summed E-state index contributed by atoms with van der Waals surface area (Å²) in [7, 11) is 1.35. The number of anilines is 1. The number of hydrogen-bond donors (Lipinski definition) is 1. The van der Waals surface area contributed by atoms with Crippen molar-refractivity contribution in [1.29, 1.82) is 0 Å². The molecular formula is C43H45FN4O13. The monoisotopic (exact) mass is 844 g/mol. The molecule has 1 amide bonds. The number of benzene rings is 2. The van der Waals surface area contributed by atoms with Crippen LogP contribution in [0, 0.1) is 5.82 Å². The molecule has 18 heteroatoms. The molecule has 2 aromatic carbocycles. The number of ether oxygens (including phenoxy) is 5. The molecule has 0 spiro atoms. The van der Waals surface area contributed by atoms with Crippen molar-refractivity contribution in [2.24, 2.45) is 0 Å². The maximum atomic E-state index is 15.8. The largest absolute Gasteiger partial charge is 0.492 e. The van der Waals surface area contributed by atoms with Crippen molar-refractivity contribution in [3.8, 4) is 5.75 Å². The molecule has 1 saturated carbocycles. The molecule has 4 aromatic rings. The van der Waals surface area contributed by atoms with Gasteiger partial charge in [0.25, 0.3) is 0 Å². The summed E-state index contributed by atoms with van der Waals surface area (Å²) in [6.07, 6.45) is 2.14. The van der Waals surface area contributed by atoms with Gasteiger partial charge in [-0.15, -0.1) is 0 Å². The van der Waals surface area contributed by atoms with Gasteiger partial charge in [-0.1, -0.05) is 30.3 Å². The lowest BCUT2D eigenvalue weighted by atomic mass is 10.1. The van der Waals surface area contributed by atoms with Gasteiger partial charge in [0.15, 0.2) is 11.6 Å². The van der Waals surface area contributed by atoms with Gasteiger partial charge in [0.1, 0.15) is 11.3 Å². The number of aromatic nitrogens is 2. The number of carboxylic acids is 1. The van der Waals surface area contributed by atoms with Gasteiger partial charge in [0.05, 0.1) is 55.7 Å². The van der Waals surface area contributed by atoms with Gasteiger partial charge in [-0.2, -0.15) is 0 Å². The SMILES string of the molecule is COc1c(N2CCN(C(=O)OCOC(=O)CCC(=O)OCCCOC(=O)C3CCn4c(C(=O)c5ccccc5)ccc43)C(C)C2)c(F)cc2c(=O)c(C(=O)O)cn(C3CC3)c12. The number of nitrogens with zero attached hydrogens (tertiary/aromatic N) is 4. The molecule has 322 valence electrons. The fraction of sp³-hybridized carbons (Fsp3) is 0.419. The number of aromatic carboxylic acids is 1. The maximum absolute atomic E-state index is 15.8. The lowest BCUT2D eigenvalue weighted by Gasteiger charge is -2.40. The highest BCUT2D eigenvalue weighted by atomic mass is 19.1. The number of hydrogen-bond acceptors (Lipinski definition) is 13. The zero-order chi connectivity index (χ0) is 43.4. The summed E-state index contributed by atoms with van der Waals surface area (Å²) in [4.78, 5) is 91.0. The Labute approximate surface area is 348 Å². The lowest BCUT2D eigenvalue weighted by molar-refractivity contribution is -0.156. The van der Waals surface area contributed by atoms with Crippen molar-refractivity contribution in [2.75, 3.05) is 51.7 Å². The molecule has 2 aliphatic heterocycles. The molecule has 0 radical (unpaired) electrons. The number of rotatable bonds is 16. The molecule has 2 aromatic heterocycles. The van der Waals surface area contributed by atoms with Crippen molar-refractivity contribution in [2.45, 2.75) is 70.0 Å². The van der Waals surface area contributed by atoms with E-state index in [0.717, 1.165) is 18.9 Å². The van der Waals surface area contributed by atoms with Crippen LogP contribution in [0.2, 0.25) is 0 Å². The van der Waals surface area contributed by atoms with Gasteiger partial charge >= 0.3 is 30.0 Å². The molecule has 2 atom stereocenters. The van der Waals surface area contributed by atoms with E-state index in [0.29, 0.717) is 35.4 Å². The number of methoxy groups -OCH3 is 1. The number of pyridine rings is 1. The third-order valence-electron chi connectivity index (χ3n) is 11.0. The number of carbonyl (C=O) groups is 6. The van der Waals surface area contributed by atoms with Gasteiger partial charge in [0.2, 0.25) is 18.0 Å². The first-order valence-electron chi connectivity index (χ1n) is 20.0. The second kappa shape index (κ2) is 18.3. The fourth-order valence-electron chi connectivity index (χ4n) is 7.87. The summed E-state index contributed by atoms with van der Waals surface area (Å²) in [6, 6.07) is 12.9. The second-order valence-electron chi connectivity index (χ2n) is 15.1. The van der Waals surface area contributed by atoms with Crippen LogP contribution in [0.3, 0.4) is 0 Å². The minimum absolute atomic E-state index is 0.00921. The first-order chi connectivity index (χ1) is 29.4. The Kier molecular flexibility index (Phi) is 12.7. The van der Waals surface area contributed by atoms with E-state index in [-0.39, 0.29) is 80.8 Å². The number of amides is 1. The normalized spacial score (nSPS) is 17.1. The van der Waals surface area contributed by atoms with Crippen LogP contribution in [-0.2, 0) is 39.9 Å². The van der Waals surface area contributed by atoms with Crippen LogP contribution in [0.1, 0.15) is 89.5 Å². The van der Waals surface area contributed by atoms with Crippen molar-refractivity contribution in [1.82, 2.24) is 14.0 Å². The first-order valence-corrected chi connectivity index (χ1v) is 20.0. The van der Waals surface area contributed by atoms with Gasteiger partial charge in [-0.3, -0.25) is 24.0 Å². The van der Waals surface area contributed by atoms with E-state index in [1.54, 1.807) is 52.8 Å². The molecule has 2 unspecified atom stereocenters. The van der Waals surface area contributed by atoms with Crippen LogP contribution < -0.4 is 15.1 Å². The average Bonchev–Trinajstić information content (AvgIpc) is 3.88. The number of fused-ring (bicyclic) bond motifs is 2. The quantitative estimate of drug-likeness (QED) is 0.0530. The predicted octanol–water partition coefficient (Wildman–Crippen LogP) is 4.81. The Morgan fingerprint density at radius 2 is 1.59 bits per heavy atom. The predicted molar refractivity (Wildman–Crippen MR) is 213 cm³/mol. The van der Waals surface area contributed by atoms with Crippen LogP contribution in [0.25, 0.3) is 10.9 Å². The standard InChI is InChI=1S/C43H45FN4O13/c1-25-22-45(37-31(44)21-29-36(40(37)57-2)48(27-9-10-27)23-30(39(29)52)41(53)54)17-18-46(25)43(56)61-24-60-35(50)14-13-34(49)58-19-6-20-59-42(55)28-15-16-47-32(28)11-12-33(47)38(51)26-7-4-3-5-8-26/h3-5,7-8,11-12,21,23,25,27-28H,6,9-10,13-20,22,24H2,1-2H3,(H,53,54). The summed E-state index contributed by atoms with van der Waals surface area (Å²) in [5.41, 5.74) is 0.891. The van der Waals surface area contributed by atoms with E-state index in [1.165, 1.54) is 18.2 Å². The number of halogens is 1. The van der Waals surface area contributed by atoms with Gasteiger partial charge < -0.3 is 47.7 Å². The number of esters is 3. The second-order valence-corrected chi connectivity index (χ2v) is 15.1. The third kappa shape index (κ3) is 9.07. The van der Waals surface area contributed by atoms with E-state index in [1.807, 2.05) is 10.6 Å². The molecule has 3 aliphatic rings. The summed E-state index contributed by atoms with van der Waals surface area (Å²) < 4.78 is 45.6. The first kappa shape index (κ1) is 42.4. The molecule has 7 rings (SSSR count).